The molecular weight excluding hydrogens is 264 g/mol. The maximum Gasteiger partial charge on any atom is 0.244 e. The lowest BCUT2D eigenvalue weighted by Gasteiger charge is -2.22. The van der Waals surface area contributed by atoms with Crippen molar-refractivity contribution in [2.24, 2.45) is 11.1 Å². The van der Waals surface area contributed by atoms with E-state index in [4.69, 9.17) is 17.3 Å². The van der Waals surface area contributed by atoms with E-state index in [-0.39, 0.29) is 17.9 Å². The number of carbonyl (C=O) groups is 1. The summed E-state index contributed by atoms with van der Waals surface area (Å²) in [7, 11) is 0. The van der Waals surface area contributed by atoms with Gasteiger partial charge < -0.3 is 10.6 Å². The Bertz CT molecular complexity index is 499. The van der Waals surface area contributed by atoms with Gasteiger partial charge in [-0.15, -0.1) is 0 Å². The number of aromatic nitrogens is 2. The topological polar surface area (TPSA) is 64.2 Å². The van der Waals surface area contributed by atoms with Gasteiger partial charge in [-0.3, -0.25) is 9.48 Å². The monoisotopic (exact) mass is 284 g/mol. The van der Waals surface area contributed by atoms with E-state index in [1.54, 1.807) is 4.68 Å². The zero-order chi connectivity index (χ0) is 14.2. The number of rotatable bonds is 3. The Labute approximate surface area is 118 Å². The molecule has 1 fully saturated rings. The van der Waals surface area contributed by atoms with Crippen molar-refractivity contribution in [2.75, 3.05) is 19.6 Å². The fourth-order valence-corrected chi connectivity index (χ4v) is 2.60. The van der Waals surface area contributed by atoms with Gasteiger partial charge in [-0.25, -0.2) is 0 Å². The third-order valence-corrected chi connectivity index (χ3v) is 4.53. The number of halogens is 1. The zero-order valence-electron chi connectivity index (χ0n) is 11.7. The molecule has 1 unspecified atom stereocenters. The van der Waals surface area contributed by atoms with Gasteiger partial charge in [0.25, 0.3) is 0 Å². The van der Waals surface area contributed by atoms with Crippen LogP contribution in [0.25, 0.3) is 0 Å². The second kappa shape index (κ2) is 5.13. The molecule has 2 rings (SSSR count). The van der Waals surface area contributed by atoms with Crippen LogP contribution in [0, 0.1) is 19.3 Å². The Kier molecular flexibility index (Phi) is 3.87. The second-order valence-corrected chi connectivity index (χ2v) is 6.10. The summed E-state index contributed by atoms with van der Waals surface area (Å²) in [5, 5.41) is 4.93. The summed E-state index contributed by atoms with van der Waals surface area (Å²) in [5.41, 5.74) is 7.42. The summed E-state index contributed by atoms with van der Waals surface area (Å²) >= 11 is 6.08. The van der Waals surface area contributed by atoms with Gasteiger partial charge in [0.1, 0.15) is 6.54 Å². The van der Waals surface area contributed by atoms with Crippen LogP contribution in [-0.4, -0.2) is 40.2 Å². The first kappa shape index (κ1) is 14.3. The van der Waals surface area contributed by atoms with Crippen molar-refractivity contribution in [1.29, 1.82) is 0 Å². The SMILES string of the molecule is Cc1nn(CC(=O)N2CCC(C)(CN)C2)c(C)c1Cl. The van der Waals surface area contributed by atoms with Gasteiger partial charge in [0.15, 0.2) is 0 Å². The number of nitrogens with zero attached hydrogens (tertiary/aromatic N) is 3. The number of aryl methyl sites for hydroxylation is 1. The van der Waals surface area contributed by atoms with Gasteiger partial charge in [0.05, 0.1) is 16.4 Å². The van der Waals surface area contributed by atoms with Crippen LogP contribution in [0.15, 0.2) is 0 Å². The van der Waals surface area contributed by atoms with Gasteiger partial charge in [-0.05, 0) is 32.2 Å². The fraction of sp³-hybridized carbons (Fsp3) is 0.692. The molecule has 1 saturated heterocycles. The molecule has 1 aromatic heterocycles. The molecular formula is C13H21ClN4O. The minimum Gasteiger partial charge on any atom is -0.340 e. The summed E-state index contributed by atoms with van der Waals surface area (Å²) < 4.78 is 1.68. The van der Waals surface area contributed by atoms with Crippen molar-refractivity contribution in [1.82, 2.24) is 14.7 Å². The maximum absolute atomic E-state index is 12.3. The molecule has 106 valence electrons. The van der Waals surface area contributed by atoms with Crippen LogP contribution in [0.4, 0.5) is 0 Å². The van der Waals surface area contributed by atoms with Gasteiger partial charge in [0, 0.05) is 13.1 Å². The molecule has 0 aliphatic carbocycles. The van der Waals surface area contributed by atoms with Crippen molar-refractivity contribution in [2.45, 2.75) is 33.7 Å². The zero-order valence-corrected chi connectivity index (χ0v) is 12.5. The molecule has 0 spiro atoms. The molecule has 1 aromatic rings. The standard InChI is InChI=1S/C13H21ClN4O/c1-9-12(14)10(2)18(16-9)6-11(19)17-5-4-13(3,7-15)8-17/h4-8,15H2,1-3H3. The highest BCUT2D eigenvalue weighted by Crippen LogP contribution is 2.28. The first-order valence-corrected chi connectivity index (χ1v) is 6.91. The summed E-state index contributed by atoms with van der Waals surface area (Å²) in [5.74, 6) is 0.0828. The normalized spacial score (nSPS) is 23.1. The van der Waals surface area contributed by atoms with Gasteiger partial charge in [-0.1, -0.05) is 18.5 Å². The molecule has 5 nitrogen and oxygen atoms in total. The Morgan fingerprint density at radius 2 is 2.21 bits per heavy atom. The van der Waals surface area contributed by atoms with Crippen LogP contribution < -0.4 is 5.73 Å². The van der Waals surface area contributed by atoms with Crippen LogP contribution in [0.5, 0.6) is 0 Å². The highest BCUT2D eigenvalue weighted by molar-refractivity contribution is 6.31. The third kappa shape index (κ3) is 2.77. The summed E-state index contributed by atoms with van der Waals surface area (Å²) in [6.07, 6.45) is 0.965. The lowest BCUT2D eigenvalue weighted by molar-refractivity contribution is -0.131. The Hall–Kier alpha value is -1.07. The van der Waals surface area contributed by atoms with E-state index in [2.05, 4.69) is 12.0 Å². The number of hydrogen-bond donors (Lipinski definition) is 1. The molecule has 0 radical (unpaired) electrons. The molecule has 0 bridgehead atoms. The number of carbonyl (C=O) groups excluding carboxylic acids is 1. The summed E-state index contributed by atoms with van der Waals surface area (Å²) in [6.45, 7) is 8.22. The van der Waals surface area contributed by atoms with E-state index in [0.29, 0.717) is 11.6 Å². The van der Waals surface area contributed by atoms with E-state index < -0.39 is 0 Å². The predicted molar refractivity (Wildman–Crippen MR) is 75.1 cm³/mol. The minimum atomic E-state index is 0.0579. The number of hydrogen-bond acceptors (Lipinski definition) is 3. The van der Waals surface area contributed by atoms with Gasteiger partial charge in [0.2, 0.25) is 5.91 Å². The van der Waals surface area contributed by atoms with Crippen molar-refractivity contribution in [3.05, 3.63) is 16.4 Å². The second-order valence-electron chi connectivity index (χ2n) is 5.72. The number of likely N-dealkylation sites (tertiary alicyclic amines) is 1. The summed E-state index contributed by atoms with van der Waals surface area (Å²) in [4.78, 5) is 14.1. The number of amides is 1. The molecule has 1 aliphatic heterocycles. The smallest absolute Gasteiger partial charge is 0.244 e. The van der Waals surface area contributed by atoms with Crippen molar-refractivity contribution < 1.29 is 4.79 Å². The molecule has 1 aliphatic rings. The highest BCUT2D eigenvalue weighted by atomic mass is 35.5. The molecule has 1 amide bonds. The van der Waals surface area contributed by atoms with Crippen LogP contribution >= 0.6 is 11.6 Å². The van der Waals surface area contributed by atoms with Crippen LogP contribution in [0.3, 0.4) is 0 Å². The average Bonchev–Trinajstić information content (AvgIpc) is 2.88. The molecule has 2 heterocycles. The Morgan fingerprint density at radius 3 is 2.68 bits per heavy atom. The Morgan fingerprint density at radius 1 is 1.53 bits per heavy atom. The van der Waals surface area contributed by atoms with E-state index >= 15 is 0 Å². The fourth-order valence-electron chi connectivity index (χ4n) is 2.46. The molecule has 6 heteroatoms. The highest BCUT2D eigenvalue weighted by Gasteiger charge is 2.34. The van der Waals surface area contributed by atoms with Crippen LogP contribution in [0.2, 0.25) is 5.02 Å². The van der Waals surface area contributed by atoms with E-state index in [0.717, 1.165) is 30.9 Å². The van der Waals surface area contributed by atoms with E-state index in [1.165, 1.54) is 0 Å². The largest absolute Gasteiger partial charge is 0.340 e. The Balaban J connectivity index is 2.04. The number of nitrogens with two attached hydrogens (primary N) is 1. The quantitative estimate of drug-likeness (QED) is 0.911. The van der Waals surface area contributed by atoms with E-state index in [1.807, 2.05) is 18.7 Å². The van der Waals surface area contributed by atoms with Gasteiger partial charge >= 0.3 is 0 Å². The van der Waals surface area contributed by atoms with Crippen LogP contribution in [-0.2, 0) is 11.3 Å². The maximum atomic E-state index is 12.3. The first-order valence-electron chi connectivity index (χ1n) is 6.54. The third-order valence-electron chi connectivity index (χ3n) is 3.98. The van der Waals surface area contributed by atoms with Crippen molar-refractivity contribution in [3.63, 3.8) is 0 Å². The first-order chi connectivity index (χ1) is 8.86. The average molecular weight is 285 g/mol. The molecule has 0 aromatic carbocycles. The molecule has 19 heavy (non-hydrogen) atoms. The van der Waals surface area contributed by atoms with Crippen molar-refractivity contribution in [3.8, 4) is 0 Å². The van der Waals surface area contributed by atoms with Crippen molar-refractivity contribution >= 4 is 17.5 Å². The van der Waals surface area contributed by atoms with Crippen LogP contribution in [0.1, 0.15) is 24.7 Å². The van der Waals surface area contributed by atoms with Gasteiger partial charge in [-0.2, -0.15) is 5.10 Å². The molecule has 0 saturated carbocycles. The predicted octanol–water partition coefficient (Wildman–Crippen LogP) is 1.35. The minimum absolute atomic E-state index is 0.0579. The lowest BCUT2D eigenvalue weighted by atomic mass is 9.90. The molecule has 1 atom stereocenters. The summed E-state index contributed by atoms with van der Waals surface area (Å²) in [6, 6.07) is 0. The van der Waals surface area contributed by atoms with E-state index in [9.17, 15) is 4.79 Å². The lowest BCUT2D eigenvalue weighted by Crippen LogP contribution is -2.36. The molecule has 2 N–H and O–H groups in total.